The SMILES string of the molecule is CNC(=O)c1ccc([N+](=O)[O-])c(N(C)CC2CC(O)C2)c1. The van der Waals surface area contributed by atoms with Crippen LogP contribution >= 0.6 is 0 Å². The molecule has 0 aromatic heterocycles. The molecule has 0 radical (unpaired) electrons. The first-order valence-corrected chi connectivity index (χ1v) is 6.82. The zero-order chi connectivity index (χ0) is 15.6. The number of hydrogen-bond acceptors (Lipinski definition) is 5. The van der Waals surface area contributed by atoms with E-state index in [1.165, 1.54) is 25.2 Å². The molecule has 2 N–H and O–H groups in total. The van der Waals surface area contributed by atoms with E-state index in [1.54, 1.807) is 11.9 Å². The van der Waals surface area contributed by atoms with E-state index >= 15 is 0 Å². The van der Waals surface area contributed by atoms with E-state index in [0.29, 0.717) is 36.6 Å². The average Bonchev–Trinajstić information content (AvgIpc) is 2.43. The van der Waals surface area contributed by atoms with Crippen LogP contribution in [0.3, 0.4) is 0 Å². The number of amides is 1. The largest absolute Gasteiger partial charge is 0.393 e. The van der Waals surface area contributed by atoms with Crippen molar-refractivity contribution in [3.63, 3.8) is 0 Å². The van der Waals surface area contributed by atoms with Gasteiger partial charge in [0.15, 0.2) is 0 Å². The van der Waals surface area contributed by atoms with E-state index in [1.807, 2.05) is 0 Å². The van der Waals surface area contributed by atoms with Gasteiger partial charge in [-0.1, -0.05) is 0 Å². The second kappa shape index (κ2) is 6.09. The van der Waals surface area contributed by atoms with Crippen LogP contribution in [0.25, 0.3) is 0 Å². The van der Waals surface area contributed by atoms with E-state index in [9.17, 15) is 20.0 Å². The molecule has 1 aromatic rings. The highest BCUT2D eigenvalue weighted by molar-refractivity contribution is 5.95. The molecule has 2 rings (SSSR count). The van der Waals surface area contributed by atoms with Crippen LogP contribution in [0.2, 0.25) is 0 Å². The van der Waals surface area contributed by atoms with Crippen molar-refractivity contribution in [2.75, 3.05) is 25.5 Å². The molecular formula is C14H19N3O4. The predicted octanol–water partition coefficient (Wildman–Crippen LogP) is 1.16. The Morgan fingerprint density at radius 2 is 2.19 bits per heavy atom. The Morgan fingerprint density at radius 1 is 1.52 bits per heavy atom. The number of carbonyl (C=O) groups is 1. The van der Waals surface area contributed by atoms with Crippen molar-refractivity contribution < 1.29 is 14.8 Å². The van der Waals surface area contributed by atoms with Crippen LogP contribution in [0.1, 0.15) is 23.2 Å². The predicted molar refractivity (Wildman–Crippen MR) is 78.5 cm³/mol. The first-order chi connectivity index (χ1) is 9.92. The van der Waals surface area contributed by atoms with Gasteiger partial charge in [-0.2, -0.15) is 0 Å². The molecule has 1 aromatic carbocycles. The van der Waals surface area contributed by atoms with Gasteiger partial charge in [-0.15, -0.1) is 0 Å². The minimum absolute atomic E-state index is 0.0231. The molecule has 114 valence electrons. The molecule has 7 heteroatoms. The van der Waals surface area contributed by atoms with E-state index in [4.69, 9.17) is 0 Å². The van der Waals surface area contributed by atoms with Crippen LogP contribution in [-0.4, -0.2) is 42.7 Å². The Labute approximate surface area is 122 Å². The van der Waals surface area contributed by atoms with Crippen molar-refractivity contribution in [1.82, 2.24) is 5.32 Å². The highest BCUT2D eigenvalue weighted by Crippen LogP contribution is 2.33. The number of aliphatic hydroxyl groups excluding tert-OH is 1. The van der Waals surface area contributed by atoms with Crippen LogP contribution in [0.15, 0.2) is 18.2 Å². The molecule has 0 atom stereocenters. The summed E-state index contributed by atoms with van der Waals surface area (Å²) in [7, 11) is 3.28. The molecule has 21 heavy (non-hydrogen) atoms. The van der Waals surface area contributed by atoms with Gasteiger partial charge in [0.05, 0.1) is 11.0 Å². The van der Waals surface area contributed by atoms with Crippen LogP contribution in [0, 0.1) is 16.0 Å². The molecule has 0 bridgehead atoms. The topological polar surface area (TPSA) is 95.7 Å². The Kier molecular flexibility index (Phi) is 4.42. The molecule has 0 unspecified atom stereocenters. The molecular weight excluding hydrogens is 274 g/mol. The number of carbonyl (C=O) groups excluding carboxylic acids is 1. The lowest BCUT2D eigenvalue weighted by Gasteiger charge is -2.35. The highest BCUT2D eigenvalue weighted by atomic mass is 16.6. The number of benzene rings is 1. The van der Waals surface area contributed by atoms with Crippen molar-refractivity contribution in [3.8, 4) is 0 Å². The molecule has 1 fully saturated rings. The minimum atomic E-state index is -0.449. The third-order valence-electron chi connectivity index (χ3n) is 3.82. The van der Waals surface area contributed by atoms with Gasteiger partial charge in [-0.3, -0.25) is 14.9 Å². The molecule has 1 amide bonds. The van der Waals surface area contributed by atoms with Gasteiger partial charge in [0.1, 0.15) is 5.69 Å². The summed E-state index contributed by atoms with van der Waals surface area (Å²) in [6.45, 7) is 0.620. The van der Waals surface area contributed by atoms with Gasteiger partial charge in [-0.25, -0.2) is 0 Å². The minimum Gasteiger partial charge on any atom is -0.393 e. The van der Waals surface area contributed by atoms with Gasteiger partial charge in [0.25, 0.3) is 11.6 Å². The summed E-state index contributed by atoms with van der Waals surface area (Å²) in [5, 5.41) is 23.0. The van der Waals surface area contributed by atoms with Gasteiger partial charge < -0.3 is 15.3 Å². The number of nitro benzene ring substituents is 1. The van der Waals surface area contributed by atoms with Gasteiger partial charge in [-0.05, 0) is 30.9 Å². The Balaban J connectivity index is 2.24. The first-order valence-electron chi connectivity index (χ1n) is 6.82. The number of nitrogens with zero attached hydrogens (tertiary/aromatic N) is 2. The summed E-state index contributed by atoms with van der Waals surface area (Å²) in [5.74, 6) is 0.0480. The first kappa shape index (κ1) is 15.2. The highest BCUT2D eigenvalue weighted by Gasteiger charge is 2.29. The zero-order valence-electron chi connectivity index (χ0n) is 12.1. The zero-order valence-corrected chi connectivity index (χ0v) is 12.1. The van der Waals surface area contributed by atoms with Crippen molar-refractivity contribution >= 4 is 17.3 Å². The van der Waals surface area contributed by atoms with Crippen LogP contribution in [0.4, 0.5) is 11.4 Å². The summed E-state index contributed by atoms with van der Waals surface area (Å²) < 4.78 is 0. The van der Waals surface area contributed by atoms with E-state index in [0.717, 1.165) is 0 Å². The van der Waals surface area contributed by atoms with Crippen molar-refractivity contribution in [2.24, 2.45) is 5.92 Å². The molecule has 0 aliphatic heterocycles. The van der Waals surface area contributed by atoms with Gasteiger partial charge in [0.2, 0.25) is 0 Å². The fourth-order valence-electron chi connectivity index (χ4n) is 2.60. The monoisotopic (exact) mass is 293 g/mol. The summed E-state index contributed by atoms with van der Waals surface area (Å²) >= 11 is 0. The van der Waals surface area contributed by atoms with Gasteiger partial charge >= 0.3 is 0 Å². The Morgan fingerprint density at radius 3 is 2.71 bits per heavy atom. The molecule has 1 aliphatic rings. The lowest BCUT2D eigenvalue weighted by molar-refractivity contribution is -0.384. The number of rotatable bonds is 5. The van der Waals surface area contributed by atoms with Crippen LogP contribution in [-0.2, 0) is 0 Å². The quantitative estimate of drug-likeness (QED) is 0.627. The molecule has 0 spiro atoms. The van der Waals surface area contributed by atoms with Crippen LogP contribution in [0.5, 0.6) is 0 Å². The second-order valence-corrected chi connectivity index (χ2v) is 5.41. The maximum Gasteiger partial charge on any atom is 0.292 e. The van der Waals surface area contributed by atoms with E-state index in [-0.39, 0.29) is 17.7 Å². The lowest BCUT2D eigenvalue weighted by atomic mass is 9.82. The molecule has 7 nitrogen and oxygen atoms in total. The fraction of sp³-hybridized carbons (Fsp3) is 0.500. The van der Waals surface area contributed by atoms with E-state index in [2.05, 4.69) is 5.32 Å². The lowest BCUT2D eigenvalue weighted by Crippen LogP contribution is -2.37. The number of aliphatic hydroxyl groups is 1. The number of nitrogens with one attached hydrogen (secondary N) is 1. The smallest absolute Gasteiger partial charge is 0.292 e. The van der Waals surface area contributed by atoms with Gasteiger partial charge in [0, 0.05) is 32.3 Å². The summed E-state index contributed by atoms with van der Waals surface area (Å²) in [4.78, 5) is 24.1. The normalized spacial score (nSPS) is 20.5. The summed E-state index contributed by atoms with van der Waals surface area (Å²) in [6, 6.07) is 4.33. The number of anilines is 1. The van der Waals surface area contributed by atoms with Crippen molar-refractivity contribution in [1.29, 1.82) is 0 Å². The standard InChI is InChI=1S/C14H19N3O4/c1-15-14(19)10-3-4-12(17(20)21)13(7-10)16(2)8-9-5-11(18)6-9/h3-4,7,9,11,18H,5-6,8H2,1-2H3,(H,15,19). The third kappa shape index (κ3) is 3.30. The maximum absolute atomic E-state index is 11.7. The van der Waals surface area contributed by atoms with Crippen molar-refractivity contribution in [3.05, 3.63) is 33.9 Å². The second-order valence-electron chi connectivity index (χ2n) is 5.41. The molecule has 0 heterocycles. The fourth-order valence-corrected chi connectivity index (χ4v) is 2.60. The third-order valence-corrected chi connectivity index (χ3v) is 3.82. The van der Waals surface area contributed by atoms with Crippen LogP contribution < -0.4 is 10.2 Å². The Bertz CT molecular complexity index is 555. The molecule has 1 saturated carbocycles. The molecule has 1 aliphatic carbocycles. The number of hydrogen-bond donors (Lipinski definition) is 2. The average molecular weight is 293 g/mol. The van der Waals surface area contributed by atoms with Crippen molar-refractivity contribution in [2.45, 2.75) is 18.9 Å². The Hall–Kier alpha value is -2.15. The number of nitro groups is 1. The van der Waals surface area contributed by atoms with E-state index < -0.39 is 4.92 Å². The summed E-state index contributed by atoms with van der Waals surface area (Å²) in [5.41, 5.74) is 0.783. The molecule has 0 saturated heterocycles. The summed E-state index contributed by atoms with van der Waals surface area (Å²) in [6.07, 6.45) is 1.18. The maximum atomic E-state index is 11.7.